The minimum absolute atomic E-state index is 0.00668. The van der Waals surface area contributed by atoms with Crippen molar-refractivity contribution in [3.63, 3.8) is 0 Å². The van der Waals surface area contributed by atoms with Crippen molar-refractivity contribution < 1.29 is 22.7 Å². The van der Waals surface area contributed by atoms with Gasteiger partial charge in [0, 0.05) is 18.2 Å². The summed E-state index contributed by atoms with van der Waals surface area (Å²) in [4.78, 5) is 20.5. The lowest BCUT2D eigenvalue weighted by Gasteiger charge is -2.14. The molecule has 0 aliphatic heterocycles. The second-order valence-electron chi connectivity index (χ2n) is 6.81. The van der Waals surface area contributed by atoms with Crippen LogP contribution in [0.2, 0.25) is 5.15 Å². The topological polar surface area (TPSA) is 64.1 Å². The first-order valence-corrected chi connectivity index (χ1v) is 9.80. The van der Waals surface area contributed by atoms with Crippen LogP contribution in [0.1, 0.15) is 21.5 Å². The molecule has 0 atom stereocenters. The zero-order valence-electron chi connectivity index (χ0n) is 16.4. The third-order valence-electron chi connectivity index (χ3n) is 4.69. The van der Waals surface area contributed by atoms with Crippen LogP contribution in [0.25, 0.3) is 10.8 Å². The summed E-state index contributed by atoms with van der Waals surface area (Å²) in [6.07, 6.45) is -3.22. The number of amides is 1. The lowest BCUT2D eigenvalue weighted by Crippen LogP contribution is -2.24. The van der Waals surface area contributed by atoms with Gasteiger partial charge in [0.05, 0.1) is 5.56 Å². The van der Waals surface area contributed by atoms with Gasteiger partial charge in [0.25, 0.3) is 5.91 Å². The van der Waals surface area contributed by atoms with Crippen LogP contribution in [0, 0.1) is 0 Å². The smallest absolute Gasteiger partial charge is 0.416 e. The largest absolute Gasteiger partial charge is 0.439 e. The Morgan fingerprint density at radius 1 is 1.00 bits per heavy atom. The number of aromatic nitrogens is 2. The van der Waals surface area contributed by atoms with Crippen molar-refractivity contribution in [1.82, 2.24) is 15.3 Å². The van der Waals surface area contributed by atoms with E-state index in [0.29, 0.717) is 22.1 Å². The number of ether oxygens (including phenoxy) is 1. The predicted molar refractivity (Wildman–Crippen MR) is 114 cm³/mol. The molecule has 0 radical (unpaired) electrons. The number of halogens is 4. The highest BCUT2D eigenvalue weighted by Gasteiger charge is 2.32. The van der Waals surface area contributed by atoms with Gasteiger partial charge < -0.3 is 10.1 Å². The Hall–Kier alpha value is -3.65. The first-order chi connectivity index (χ1) is 15.3. The number of carbonyl (C=O) groups excluding carboxylic acids is 1. The van der Waals surface area contributed by atoms with Gasteiger partial charge in [-0.3, -0.25) is 4.79 Å². The summed E-state index contributed by atoms with van der Waals surface area (Å²) in [7, 11) is 0. The van der Waals surface area contributed by atoms with Crippen molar-refractivity contribution in [2.45, 2.75) is 12.7 Å². The van der Waals surface area contributed by atoms with Gasteiger partial charge in [-0.1, -0.05) is 41.9 Å². The predicted octanol–water partition coefficient (Wildman–Crippen LogP) is 6.02. The fraction of sp³-hybridized carbons (Fsp3) is 0.0870. The van der Waals surface area contributed by atoms with E-state index in [9.17, 15) is 18.0 Å². The molecule has 0 saturated heterocycles. The van der Waals surface area contributed by atoms with Crippen LogP contribution >= 0.6 is 11.6 Å². The van der Waals surface area contributed by atoms with Crippen molar-refractivity contribution in [3.8, 4) is 11.6 Å². The van der Waals surface area contributed by atoms with E-state index in [2.05, 4.69) is 15.3 Å². The minimum Gasteiger partial charge on any atom is -0.439 e. The number of alkyl halides is 3. The number of rotatable bonds is 5. The highest BCUT2D eigenvalue weighted by Crippen LogP contribution is 2.32. The van der Waals surface area contributed by atoms with Crippen LogP contribution in [0.15, 0.2) is 73.1 Å². The molecule has 4 rings (SSSR count). The molecule has 0 spiro atoms. The molecule has 0 saturated carbocycles. The molecule has 1 N–H and O–H groups in total. The molecule has 5 nitrogen and oxygen atoms in total. The Balaban J connectivity index is 1.55. The van der Waals surface area contributed by atoms with E-state index in [1.54, 1.807) is 36.4 Å². The normalized spacial score (nSPS) is 11.4. The van der Waals surface area contributed by atoms with Crippen molar-refractivity contribution in [1.29, 1.82) is 0 Å². The second-order valence-corrected chi connectivity index (χ2v) is 7.19. The van der Waals surface area contributed by atoms with Crippen LogP contribution in [0.4, 0.5) is 13.2 Å². The van der Waals surface area contributed by atoms with E-state index in [4.69, 9.17) is 16.3 Å². The molecule has 32 heavy (non-hydrogen) atoms. The molecule has 9 heteroatoms. The summed E-state index contributed by atoms with van der Waals surface area (Å²) in [5, 5.41) is 4.16. The third-order valence-corrected chi connectivity index (χ3v) is 4.90. The average Bonchev–Trinajstić information content (AvgIpc) is 2.76. The van der Waals surface area contributed by atoms with Crippen molar-refractivity contribution >= 4 is 28.3 Å². The molecule has 1 heterocycles. The molecule has 1 aromatic heterocycles. The molecule has 0 unspecified atom stereocenters. The van der Waals surface area contributed by atoms with E-state index in [1.165, 1.54) is 30.6 Å². The quantitative estimate of drug-likeness (QED) is 0.372. The zero-order valence-corrected chi connectivity index (χ0v) is 17.1. The third kappa shape index (κ3) is 4.81. The molecule has 0 fully saturated rings. The van der Waals surface area contributed by atoms with Gasteiger partial charge in [-0.05, 0) is 46.7 Å². The summed E-state index contributed by atoms with van der Waals surface area (Å²) in [6.45, 7) is -0.249. The molecule has 3 aromatic carbocycles. The highest BCUT2D eigenvalue weighted by atomic mass is 35.5. The van der Waals surface area contributed by atoms with Crippen molar-refractivity contribution in [3.05, 3.63) is 94.9 Å². The van der Waals surface area contributed by atoms with Gasteiger partial charge in [0.15, 0.2) is 0 Å². The first-order valence-electron chi connectivity index (χ1n) is 9.43. The molecule has 0 bridgehead atoms. The standard InChI is InChI=1S/C23H15ClF3N3O2/c24-20-11-21(30-13-29-20)32-16-8-9-17-14(10-16)5-3-6-18(17)22(31)28-12-15-4-1-2-7-19(15)23(25,26)27/h1-11,13H,12H2,(H,28,31). The molecule has 0 aliphatic carbocycles. The molecule has 162 valence electrons. The highest BCUT2D eigenvalue weighted by molar-refractivity contribution is 6.29. The maximum Gasteiger partial charge on any atom is 0.416 e. The average molecular weight is 458 g/mol. The van der Waals surface area contributed by atoms with Gasteiger partial charge in [-0.2, -0.15) is 13.2 Å². The summed E-state index contributed by atoms with van der Waals surface area (Å²) < 4.78 is 45.2. The zero-order chi connectivity index (χ0) is 22.7. The number of hydrogen-bond acceptors (Lipinski definition) is 4. The van der Waals surface area contributed by atoms with E-state index in [1.807, 2.05) is 0 Å². The lowest BCUT2D eigenvalue weighted by molar-refractivity contribution is -0.138. The van der Waals surface area contributed by atoms with Crippen molar-refractivity contribution in [2.24, 2.45) is 0 Å². The minimum atomic E-state index is -4.49. The van der Waals surface area contributed by atoms with Crippen LogP contribution in [0.5, 0.6) is 11.6 Å². The number of fused-ring (bicyclic) bond motifs is 1. The van der Waals surface area contributed by atoms with Crippen LogP contribution in [-0.2, 0) is 12.7 Å². The molecular formula is C23H15ClF3N3O2. The lowest BCUT2D eigenvalue weighted by atomic mass is 10.0. The Morgan fingerprint density at radius 2 is 1.81 bits per heavy atom. The Morgan fingerprint density at radius 3 is 2.59 bits per heavy atom. The SMILES string of the molecule is O=C(NCc1ccccc1C(F)(F)F)c1cccc2cc(Oc3cc(Cl)ncn3)ccc12. The summed E-state index contributed by atoms with van der Waals surface area (Å²) >= 11 is 5.83. The molecule has 4 aromatic rings. The summed E-state index contributed by atoms with van der Waals surface area (Å²) in [5.74, 6) is 0.259. The van der Waals surface area contributed by atoms with Crippen LogP contribution < -0.4 is 10.1 Å². The fourth-order valence-electron chi connectivity index (χ4n) is 3.24. The maximum absolute atomic E-state index is 13.2. The van der Waals surface area contributed by atoms with Crippen LogP contribution in [-0.4, -0.2) is 15.9 Å². The van der Waals surface area contributed by atoms with Gasteiger partial charge >= 0.3 is 6.18 Å². The molecular weight excluding hydrogens is 443 g/mol. The maximum atomic E-state index is 13.2. The number of benzene rings is 3. The van der Waals surface area contributed by atoms with Crippen molar-refractivity contribution in [2.75, 3.05) is 0 Å². The monoisotopic (exact) mass is 457 g/mol. The van der Waals surface area contributed by atoms with E-state index in [-0.39, 0.29) is 23.1 Å². The van der Waals surface area contributed by atoms with E-state index in [0.717, 1.165) is 6.07 Å². The Bertz CT molecular complexity index is 1290. The van der Waals surface area contributed by atoms with E-state index >= 15 is 0 Å². The van der Waals surface area contributed by atoms with Gasteiger partial charge in [0.2, 0.25) is 5.88 Å². The number of nitrogens with zero attached hydrogens (tertiary/aromatic N) is 2. The Kier molecular flexibility index (Phi) is 5.96. The van der Waals surface area contributed by atoms with Gasteiger partial charge in [0.1, 0.15) is 17.2 Å². The fourth-order valence-corrected chi connectivity index (χ4v) is 3.38. The molecule has 0 aliphatic rings. The second kappa shape index (κ2) is 8.84. The number of carbonyl (C=O) groups is 1. The van der Waals surface area contributed by atoms with Crippen LogP contribution in [0.3, 0.4) is 0 Å². The first kappa shape index (κ1) is 21.6. The number of hydrogen-bond donors (Lipinski definition) is 1. The number of nitrogens with one attached hydrogen (secondary N) is 1. The summed E-state index contributed by atoms with van der Waals surface area (Å²) in [5.41, 5.74) is -0.443. The van der Waals surface area contributed by atoms with E-state index < -0.39 is 17.6 Å². The van der Waals surface area contributed by atoms with Gasteiger partial charge in [-0.15, -0.1) is 0 Å². The van der Waals surface area contributed by atoms with Gasteiger partial charge in [-0.25, -0.2) is 9.97 Å². The Labute approximate surface area is 185 Å². The summed E-state index contributed by atoms with van der Waals surface area (Å²) in [6, 6.07) is 16.8. The molecule has 1 amide bonds.